The first-order chi connectivity index (χ1) is 13.4. The van der Waals surface area contributed by atoms with Crippen LogP contribution in [0.5, 0.6) is 0 Å². The molecule has 0 aliphatic carbocycles. The molecule has 1 aliphatic heterocycles. The summed E-state index contributed by atoms with van der Waals surface area (Å²) in [4.78, 5) is 14.7. The van der Waals surface area contributed by atoms with Crippen LogP contribution in [-0.4, -0.2) is 41.1 Å². The average molecular weight is 388 g/mol. The topological polar surface area (TPSA) is 61.0 Å². The molecule has 8 heteroatoms. The van der Waals surface area contributed by atoms with Gasteiger partial charge in [0.05, 0.1) is 11.1 Å². The summed E-state index contributed by atoms with van der Waals surface area (Å²) in [7, 11) is 2.02. The fourth-order valence-corrected chi connectivity index (χ4v) is 3.57. The molecular weight excluding hydrogens is 369 g/mol. The Hall–Kier alpha value is -2.87. The molecule has 2 aromatic carbocycles. The Bertz CT molecular complexity index is 1020. The zero-order valence-electron chi connectivity index (χ0n) is 15.2. The smallest absolute Gasteiger partial charge is 0.228 e. The van der Waals surface area contributed by atoms with E-state index in [0.717, 1.165) is 25.9 Å². The van der Waals surface area contributed by atoms with E-state index < -0.39 is 17.5 Å². The predicted molar refractivity (Wildman–Crippen MR) is 100 cm³/mol. The fourth-order valence-electron chi connectivity index (χ4n) is 3.57. The molecule has 0 radical (unpaired) electrons. The Balaban J connectivity index is 1.65. The van der Waals surface area contributed by atoms with Gasteiger partial charge in [-0.15, -0.1) is 0 Å². The van der Waals surface area contributed by atoms with E-state index in [9.17, 15) is 18.0 Å². The number of nitrogens with zero attached hydrogens (tertiary/aromatic N) is 2. The van der Waals surface area contributed by atoms with Crippen molar-refractivity contribution in [1.82, 2.24) is 15.1 Å². The molecular formula is C20H19F3N4O. The molecule has 0 spiro atoms. The van der Waals surface area contributed by atoms with E-state index in [0.29, 0.717) is 28.9 Å². The minimum absolute atomic E-state index is 0.0990. The van der Waals surface area contributed by atoms with Crippen molar-refractivity contribution in [2.75, 3.05) is 25.5 Å². The van der Waals surface area contributed by atoms with E-state index in [1.54, 1.807) is 6.07 Å². The number of amides is 1. The molecule has 5 nitrogen and oxygen atoms in total. The van der Waals surface area contributed by atoms with Gasteiger partial charge in [-0.2, -0.15) is 5.10 Å². The first-order valence-electron chi connectivity index (χ1n) is 9.05. The van der Waals surface area contributed by atoms with Crippen LogP contribution in [0.1, 0.15) is 12.8 Å². The summed E-state index contributed by atoms with van der Waals surface area (Å²) in [6.45, 7) is 1.71. The highest BCUT2D eigenvalue weighted by molar-refractivity contribution is 6.01. The molecule has 1 amide bonds. The molecule has 1 saturated heterocycles. The van der Waals surface area contributed by atoms with Gasteiger partial charge >= 0.3 is 0 Å². The van der Waals surface area contributed by atoms with Gasteiger partial charge in [0.2, 0.25) is 5.91 Å². The Labute approximate surface area is 159 Å². The van der Waals surface area contributed by atoms with Gasteiger partial charge in [-0.3, -0.25) is 9.89 Å². The van der Waals surface area contributed by atoms with E-state index in [1.165, 1.54) is 12.1 Å². The van der Waals surface area contributed by atoms with E-state index in [4.69, 9.17) is 0 Å². The molecule has 2 N–H and O–H groups in total. The molecule has 146 valence electrons. The second-order valence-corrected chi connectivity index (χ2v) is 7.14. The largest absolute Gasteiger partial charge is 0.308 e. The number of piperidine rings is 1. The number of aromatic amines is 1. The number of carbonyl (C=O) groups is 1. The number of rotatable bonds is 3. The van der Waals surface area contributed by atoms with Crippen molar-refractivity contribution in [2.24, 2.45) is 5.92 Å². The number of hydrogen-bond acceptors (Lipinski definition) is 3. The molecule has 28 heavy (non-hydrogen) atoms. The summed E-state index contributed by atoms with van der Waals surface area (Å²) in [6, 6.07) is 5.94. The normalized spacial score (nSPS) is 15.9. The average Bonchev–Trinajstić information content (AvgIpc) is 3.04. The van der Waals surface area contributed by atoms with Crippen LogP contribution in [0.4, 0.5) is 19.0 Å². The molecule has 0 bridgehead atoms. The highest BCUT2D eigenvalue weighted by Crippen LogP contribution is 2.32. The lowest BCUT2D eigenvalue weighted by atomic mass is 9.96. The number of anilines is 1. The Morgan fingerprint density at radius 1 is 1.14 bits per heavy atom. The van der Waals surface area contributed by atoms with Crippen molar-refractivity contribution >= 4 is 22.6 Å². The summed E-state index contributed by atoms with van der Waals surface area (Å²) in [5.41, 5.74) is 0.529. The van der Waals surface area contributed by atoms with Crippen molar-refractivity contribution in [2.45, 2.75) is 12.8 Å². The van der Waals surface area contributed by atoms with Gasteiger partial charge in [-0.25, -0.2) is 13.2 Å². The van der Waals surface area contributed by atoms with Gasteiger partial charge in [-0.05, 0) is 50.7 Å². The van der Waals surface area contributed by atoms with E-state index in [2.05, 4.69) is 20.4 Å². The number of fused-ring (bicyclic) bond motifs is 1. The first-order valence-corrected chi connectivity index (χ1v) is 9.05. The number of aromatic nitrogens is 2. The molecule has 0 unspecified atom stereocenters. The van der Waals surface area contributed by atoms with Crippen molar-refractivity contribution in [1.29, 1.82) is 0 Å². The molecule has 1 fully saturated rings. The molecule has 1 aliphatic rings. The van der Waals surface area contributed by atoms with Gasteiger partial charge in [0.1, 0.15) is 17.5 Å². The standard InChI is InChI=1S/C20H19F3N4O/c1-27-6-4-11(5-7-27)20(28)24-19-14-8-12(2-3-17(14)25-26-19)18-15(22)9-13(21)10-16(18)23/h2-3,8-11H,4-7H2,1H3,(H2,24,25,26,28). The van der Waals surface area contributed by atoms with Crippen molar-refractivity contribution in [3.05, 3.63) is 47.8 Å². The predicted octanol–water partition coefficient (Wildman–Crippen LogP) is 3.93. The third-order valence-electron chi connectivity index (χ3n) is 5.19. The van der Waals surface area contributed by atoms with Gasteiger partial charge < -0.3 is 10.2 Å². The fraction of sp³-hybridized carbons (Fsp3) is 0.300. The zero-order chi connectivity index (χ0) is 19.8. The minimum atomic E-state index is -0.989. The Morgan fingerprint density at radius 2 is 1.82 bits per heavy atom. The summed E-state index contributed by atoms with van der Waals surface area (Å²) in [6.07, 6.45) is 1.53. The van der Waals surface area contributed by atoms with Crippen LogP contribution in [0, 0.1) is 23.4 Å². The monoisotopic (exact) mass is 388 g/mol. The Morgan fingerprint density at radius 3 is 2.50 bits per heavy atom. The quantitative estimate of drug-likeness (QED) is 0.715. The second kappa shape index (κ2) is 7.27. The van der Waals surface area contributed by atoms with E-state index in [-0.39, 0.29) is 23.0 Å². The number of halogens is 3. The molecule has 0 saturated carbocycles. The second-order valence-electron chi connectivity index (χ2n) is 7.14. The first kappa shape index (κ1) is 18.5. The van der Waals surface area contributed by atoms with Gasteiger partial charge in [0.15, 0.2) is 5.82 Å². The maximum Gasteiger partial charge on any atom is 0.228 e. The third-order valence-corrected chi connectivity index (χ3v) is 5.19. The van der Waals surface area contributed by atoms with Crippen LogP contribution in [-0.2, 0) is 4.79 Å². The van der Waals surface area contributed by atoms with Gasteiger partial charge in [0.25, 0.3) is 0 Å². The SMILES string of the molecule is CN1CCC(C(=O)Nc2n[nH]c3ccc(-c4c(F)cc(F)cc4F)cc23)CC1. The molecule has 0 atom stereocenters. The van der Waals surface area contributed by atoms with Crippen LogP contribution >= 0.6 is 0 Å². The highest BCUT2D eigenvalue weighted by Gasteiger charge is 2.24. The van der Waals surface area contributed by atoms with Crippen LogP contribution in [0.15, 0.2) is 30.3 Å². The summed E-state index contributed by atoms with van der Waals surface area (Å²) >= 11 is 0. The lowest BCUT2D eigenvalue weighted by Crippen LogP contribution is -2.36. The highest BCUT2D eigenvalue weighted by atomic mass is 19.1. The Kier molecular flexibility index (Phi) is 4.80. The third kappa shape index (κ3) is 3.47. The summed E-state index contributed by atoms with van der Waals surface area (Å²) in [5, 5.41) is 10.3. The maximum atomic E-state index is 14.1. The van der Waals surface area contributed by atoms with Crippen molar-refractivity contribution < 1.29 is 18.0 Å². The van der Waals surface area contributed by atoms with Crippen molar-refractivity contribution in [3.63, 3.8) is 0 Å². The van der Waals surface area contributed by atoms with Crippen LogP contribution < -0.4 is 5.32 Å². The van der Waals surface area contributed by atoms with Crippen LogP contribution in [0.25, 0.3) is 22.0 Å². The zero-order valence-corrected chi connectivity index (χ0v) is 15.2. The number of benzene rings is 2. The summed E-state index contributed by atoms with van der Waals surface area (Å²) < 4.78 is 41.5. The maximum absolute atomic E-state index is 14.1. The van der Waals surface area contributed by atoms with E-state index >= 15 is 0 Å². The molecule has 2 heterocycles. The lowest BCUT2D eigenvalue weighted by Gasteiger charge is -2.27. The van der Waals surface area contributed by atoms with Crippen LogP contribution in [0.3, 0.4) is 0 Å². The summed E-state index contributed by atoms with van der Waals surface area (Å²) in [5.74, 6) is -2.86. The molecule has 1 aromatic heterocycles. The number of likely N-dealkylation sites (tertiary alicyclic amines) is 1. The van der Waals surface area contributed by atoms with Crippen LogP contribution in [0.2, 0.25) is 0 Å². The van der Waals surface area contributed by atoms with Crippen molar-refractivity contribution in [3.8, 4) is 11.1 Å². The number of carbonyl (C=O) groups excluding carboxylic acids is 1. The van der Waals surface area contributed by atoms with E-state index in [1.807, 2.05) is 7.05 Å². The van der Waals surface area contributed by atoms with Gasteiger partial charge in [0, 0.05) is 23.4 Å². The number of H-pyrrole nitrogens is 1. The minimum Gasteiger partial charge on any atom is -0.308 e. The number of hydrogen-bond donors (Lipinski definition) is 2. The molecule has 4 rings (SSSR count). The molecule has 3 aromatic rings. The van der Waals surface area contributed by atoms with Gasteiger partial charge in [-0.1, -0.05) is 6.07 Å². The number of nitrogens with one attached hydrogen (secondary N) is 2. The lowest BCUT2D eigenvalue weighted by molar-refractivity contribution is -0.121.